The number of carbonyl (C=O) groups is 1. The van der Waals surface area contributed by atoms with E-state index in [9.17, 15) is 9.18 Å². The van der Waals surface area contributed by atoms with Crippen molar-refractivity contribution in [2.24, 2.45) is 4.99 Å². The fourth-order valence-corrected chi connectivity index (χ4v) is 3.93. The van der Waals surface area contributed by atoms with E-state index in [4.69, 9.17) is 17.0 Å². The highest BCUT2D eigenvalue weighted by Crippen LogP contribution is 2.20. The van der Waals surface area contributed by atoms with Crippen molar-refractivity contribution in [3.63, 3.8) is 0 Å². The van der Waals surface area contributed by atoms with E-state index in [1.54, 1.807) is 12.3 Å². The Hall–Kier alpha value is -2.86. The molecule has 4 rings (SSSR count). The lowest BCUT2D eigenvalue weighted by Gasteiger charge is -2.21. The Kier molecular flexibility index (Phi) is 5.81. The molecule has 29 heavy (non-hydrogen) atoms. The maximum atomic E-state index is 13.3. The van der Waals surface area contributed by atoms with Crippen molar-refractivity contribution in [3.05, 3.63) is 89.4 Å². The lowest BCUT2D eigenvalue weighted by Crippen LogP contribution is -2.48. The van der Waals surface area contributed by atoms with E-state index in [-0.39, 0.29) is 23.2 Å². The highest BCUT2D eigenvalue weighted by atomic mass is 32.1. The van der Waals surface area contributed by atoms with E-state index < -0.39 is 6.04 Å². The second-order valence-electron chi connectivity index (χ2n) is 7.16. The quantitative estimate of drug-likeness (QED) is 0.202. The minimum absolute atomic E-state index is 0.209. The summed E-state index contributed by atoms with van der Waals surface area (Å²) < 4.78 is 20.5. The van der Waals surface area contributed by atoms with Gasteiger partial charge in [0.1, 0.15) is 11.6 Å². The van der Waals surface area contributed by atoms with Crippen LogP contribution in [0.4, 0.5) is 4.39 Å². The largest absolute Gasteiger partial charge is 0.758 e. The summed E-state index contributed by atoms with van der Waals surface area (Å²) in [5.41, 5.74) is 2.96. The number of halogens is 1. The van der Waals surface area contributed by atoms with E-state index in [2.05, 4.69) is 11.1 Å². The number of hydrogen-bond donors (Lipinski definition) is 0. The second kappa shape index (κ2) is 8.66. The normalized spacial score (nSPS) is 15.0. The van der Waals surface area contributed by atoms with Crippen molar-refractivity contribution in [2.45, 2.75) is 38.3 Å². The molecule has 2 heterocycles. The van der Waals surface area contributed by atoms with E-state index in [0.29, 0.717) is 11.3 Å². The molecule has 0 radical (unpaired) electrons. The van der Waals surface area contributed by atoms with Gasteiger partial charge < -0.3 is 22.0 Å². The van der Waals surface area contributed by atoms with Gasteiger partial charge in [-0.1, -0.05) is 0 Å². The van der Waals surface area contributed by atoms with Gasteiger partial charge in [0.25, 0.3) is 0 Å². The average molecular weight is 408 g/mol. The molecule has 0 saturated heterocycles. The molecule has 1 aliphatic rings. The maximum Gasteiger partial charge on any atom is 0.237 e. The molecule has 148 valence electrons. The summed E-state index contributed by atoms with van der Waals surface area (Å²) in [4.78, 5) is 17.8. The monoisotopic (exact) mass is 408 g/mol. The third-order valence-corrected chi connectivity index (χ3v) is 5.54. The van der Waals surface area contributed by atoms with Crippen molar-refractivity contribution >= 4 is 23.5 Å². The first-order valence-electron chi connectivity index (χ1n) is 9.68. The fourth-order valence-electron chi connectivity index (χ4n) is 3.64. The number of Topliss-reactive ketones (excluding diaryl/α,β-unsaturated/α-hetero) is 1. The summed E-state index contributed by atoms with van der Waals surface area (Å²) in [6, 6.07) is 10.4. The Balaban J connectivity index is 1.71. The topological polar surface area (TPSA) is 46.5 Å². The zero-order valence-electron chi connectivity index (χ0n) is 15.9. The number of pyridine rings is 1. The Morgan fingerprint density at radius 1 is 1.14 bits per heavy atom. The van der Waals surface area contributed by atoms with Gasteiger partial charge in [0.2, 0.25) is 11.8 Å². The Morgan fingerprint density at radius 2 is 1.90 bits per heavy atom. The molecule has 0 aliphatic heterocycles. The zero-order chi connectivity index (χ0) is 20.2. The number of furan rings is 1. The van der Waals surface area contributed by atoms with Crippen LogP contribution in [-0.4, -0.2) is 10.8 Å². The molecule has 1 aromatic carbocycles. The van der Waals surface area contributed by atoms with Crippen molar-refractivity contribution in [3.8, 4) is 0 Å². The van der Waals surface area contributed by atoms with Gasteiger partial charge in [-0.2, -0.15) is 4.57 Å². The average Bonchev–Trinajstić information content (AvgIpc) is 3.26. The predicted octanol–water partition coefficient (Wildman–Crippen LogP) is 4.15. The number of aryl methyl sites for hydroxylation is 2. The van der Waals surface area contributed by atoms with E-state index in [1.807, 2.05) is 23.0 Å². The standard InChI is InChI=1S/C23H21FN2O2S/c24-19-9-7-17(8-10-19)22(27)21(23(29)25-14-20-6-3-13-28-20)26-12-11-16-4-1-2-5-18(16)15-26/h3,6-13,15,21H,1-2,4-5,14H2. The molecule has 1 aliphatic carbocycles. The smallest absolute Gasteiger partial charge is 0.237 e. The summed E-state index contributed by atoms with van der Waals surface area (Å²) in [6.45, 7) is 0.268. The highest BCUT2D eigenvalue weighted by molar-refractivity contribution is 7.77. The Bertz CT molecular complexity index is 1030. The van der Waals surface area contributed by atoms with Crippen LogP contribution in [0.25, 0.3) is 0 Å². The third-order valence-electron chi connectivity index (χ3n) is 5.19. The van der Waals surface area contributed by atoms with Crippen LogP contribution in [-0.2, 0) is 32.0 Å². The molecule has 0 bridgehead atoms. The summed E-state index contributed by atoms with van der Waals surface area (Å²) in [5.74, 6) is 0.0827. The first kappa shape index (κ1) is 19.5. The van der Waals surface area contributed by atoms with Crippen molar-refractivity contribution in [2.75, 3.05) is 0 Å². The first-order chi connectivity index (χ1) is 14.1. The van der Waals surface area contributed by atoms with Gasteiger partial charge >= 0.3 is 0 Å². The number of rotatable bonds is 6. The van der Waals surface area contributed by atoms with Gasteiger partial charge in [-0.05, 0) is 72.7 Å². The van der Waals surface area contributed by atoms with Gasteiger partial charge in [-0.15, -0.1) is 0 Å². The summed E-state index contributed by atoms with van der Waals surface area (Å²) in [7, 11) is 0. The molecular weight excluding hydrogens is 387 g/mol. The van der Waals surface area contributed by atoms with E-state index in [1.165, 1.54) is 41.8 Å². The predicted molar refractivity (Wildman–Crippen MR) is 110 cm³/mol. The van der Waals surface area contributed by atoms with Crippen LogP contribution >= 0.6 is 0 Å². The molecule has 0 fully saturated rings. The van der Waals surface area contributed by atoms with Crippen LogP contribution in [0.5, 0.6) is 0 Å². The molecule has 1 atom stereocenters. The first-order valence-corrected chi connectivity index (χ1v) is 10.1. The van der Waals surface area contributed by atoms with Crippen LogP contribution in [0.15, 0.2) is 70.5 Å². The van der Waals surface area contributed by atoms with Crippen LogP contribution in [0.2, 0.25) is 0 Å². The molecular formula is C23H21FN2O2S. The summed E-state index contributed by atoms with van der Waals surface area (Å²) in [6.07, 6.45) is 9.85. The maximum absolute atomic E-state index is 13.3. The molecule has 2 aromatic heterocycles. The number of ketones is 1. The van der Waals surface area contributed by atoms with E-state index in [0.717, 1.165) is 19.3 Å². The van der Waals surface area contributed by atoms with Crippen LogP contribution in [0.1, 0.15) is 46.1 Å². The molecule has 0 spiro atoms. The molecule has 0 N–H and O–H groups in total. The molecule has 1 unspecified atom stereocenters. The lowest BCUT2D eigenvalue weighted by atomic mass is 9.93. The van der Waals surface area contributed by atoms with Gasteiger partial charge in [0.15, 0.2) is 12.4 Å². The third kappa shape index (κ3) is 4.43. The SMILES string of the molecule is O=C(c1ccc(F)cc1)C(C([S-])=NCc1ccco1)[n+]1ccc2c(c1)CCCC2. The Labute approximate surface area is 174 Å². The van der Waals surface area contributed by atoms with Crippen LogP contribution in [0.3, 0.4) is 0 Å². The Morgan fingerprint density at radius 3 is 2.62 bits per heavy atom. The molecule has 6 heteroatoms. The van der Waals surface area contributed by atoms with Gasteiger partial charge in [0.05, 0.1) is 12.8 Å². The molecule has 0 saturated carbocycles. The van der Waals surface area contributed by atoms with Gasteiger partial charge in [-0.25, -0.2) is 4.39 Å². The lowest BCUT2D eigenvalue weighted by molar-refractivity contribution is -0.692. The number of carbonyl (C=O) groups excluding carboxylic acids is 1. The molecule has 3 aromatic rings. The van der Waals surface area contributed by atoms with Crippen molar-refractivity contribution < 1.29 is 18.2 Å². The second-order valence-corrected chi connectivity index (χ2v) is 7.58. The number of benzene rings is 1. The van der Waals surface area contributed by atoms with Crippen LogP contribution in [0, 0.1) is 5.82 Å². The minimum atomic E-state index is -0.766. The number of aromatic nitrogens is 1. The minimum Gasteiger partial charge on any atom is -0.758 e. The molecule has 4 nitrogen and oxygen atoms in total. The number of aliphatic imine (C=N–C) groups is 1. The number of hydrogen-bond acceptors (Lipinski definition) is 4. The van der Waals surface area contributed by atoms with Gasteiger partial charge in [-0.3, -0.25) is 4.79 Å². The van der Waals surface area contributed by atoms with Crippen molar-refractivity contribution in [1.82, 2.24) is 0 Å². The van der Waals surface area contributed by atoms with E-state index >= 15 is 0 Å². The number of fused-ring (bicyclic) bond motifs is 1. The number of nitrogens with zero attached hydrogens (tertiary/aromatic N) is 2. The van der Waals surface area contributed by atoms with Crippen LogP contribution < -0.4 is 4.57 Å². The molecule has 0 amide bonds. The highest BCUT2D eigenvalue weighted by Gasteiger charge is 2.29. The van der Waals surface area contributed by atoms with Crippen molar-refractivity contribution in [1.29, 1.82) is 0 Å². The summed E-state index contributed by atoms with van der Waals surface area (Å²) >= 11 is 5.56. The van der Waals surface area contributed by atoms with Gasteiger partial charge in [0, 0.05) is 17.2 Å². The fraction of sp³-hybridized carbons (Fsp3) is 0.261. The zero-order valence-corrected chi connectivity index (χ0v) is 16.7. The summed E-state index contributed by atoms with van der Waals surface area (Å²) in [5, 5.41) is 0.275.